The molecule has 0 radical (unpaired) electrons. The molecule has 1 aliphatic heterocycles. The van der Waals surface area contributed by atoms with Crippen LogP contribution in [0, 0.1) is 10.1 Å². The predicted molar refractivity (Wildman–Crippen MR) is 122 cm³/mol. The van der Waals surface area contributed by atoms with E-state index >= 15 is 0 Å². The molecule has 0 atom stereocenters. The molecule has 0 spiro atoms. The van der Waals surface area contributed by atoms with Crippen LogP contribution in [0.4, 0.5) is 17.1 Å². The number of nitro groups is 1. The molecule has 2 N–H and O–H groups in total. The van der Waals surface area contributed by atoms with Crippen LogP contribution < -0.4 is 20.3 Å². The van der Waals surface area contributed by atoms with E-state index in [1.54, 1.807) is 36.4 Å². The number of nitrogens with one attached hydrogen (secondary N) is 2. The van der Waals surface area contributed by atoms with Crippen molar-refractivity contribution in [3.63, 3.8) is 0 Å². The molecule has 2 aromatic carbocycles. The number of thiocarbonyl (C=S) groups is 1. The molecule has 0 bridgehead atoms. The average Bonchev–Trinajstić information content (AvgIpc) is 2.74. The van der Waals surface area contributed by atoms with Crippen molar-refractivity contribution in [3.8, 4) is 5.75 Å². The summed E-state index contributed by atoms with van der Waals surface area (Å²) >= 11 is 5.20. The third kappa shape index (κ3) is 6.12. The maximum Gasteiger partial charge on any atom is 0.294 e. The highest BCUT2D eigenvalue weighted by Gasteiger charge is 2.22. The number of benzene rings is 2. The Labute approximate surface area is 185 Å². The lowest BCUT2D eigenvalue weighted by Gasteiger charge is -2.28. The van der Waals surface area contributed by atoms with Crippen LogP contribution in [0.15, 0.2) is 42.5 Å². The van der Waals surface area contributed by atoms with E-state index in [1.807, 2.05) is 18.7 Å². The molecule has 0 saturated carbocycles. The zero-order chi connectivity index (χ0) is 22.4. The zero-order valence-electron chi connectivity index (χ0n) is 17.3. The lowest BCUT2D eigenvalue weighted by molar-refractivity contribution is -0.384. The molecule has 10 heteroatoms. The Morgan fingerprint density at radius 3 is 2.48 bits per heavy atom. The van der Waals surface area contributed by atoms with E-state index in [-0.39, 0.29) is 16.9 Å². The van der Waals surface area contributed by atoms with Crippen LogP contribution in [-0.4, -0.2) is 48.4 Å². The Balaban J connectivity index is 1.65. The second kappa shape index (κ2) is 10.2. The number of anilines is 2. The molecule has 1 heterocycles. The standard InChI is InChI=1S/C21H24N4O5S/c1-14(2)30-17-6-3-15(4-7-17)20(26)23-21(31)22-16-5-8-18(19(13-16)25(27)28)24-9-11-29-12-10-24/h3-8,13-14H,9-12H2,1-2H3,(H2,22,23,26,31). The monoisotopic (exact) mass is 444 g/mol. The van der Waals surface area contributed by atoms with Crippen LogP contribution in [0.1, 0.15) is 24.2 Å². The number of carbonyl (C=O) groups is 1. The van der Waals surface area contributed by atoms with Gasteiger partial charge in [-0.3, -0.25) is 20.2 Å². The summed E-state index contributed by atoms with van der Waals surface area (Å²) in [6.45, 7) is 6.06. The first-order valence-corrected chi connectivity index (χ1v) is 10.2. The van der Waals surface area contributed by atoms with Crippen LogP contribution in [0.3, 0.4) is 0 Å². The van der Waals surface area contributed by atoms with Gasteiger partial charge in [0.1, 0.15) is 11.4 Å². The molecule has 0 aromatic heterocycles. The van der Waals surface area contributed by atoms with E-state index in [2.05, 4.69) is 10.6 Å². The lowest BCUT2D eigenvalue weighted by Crippen LogP contribution is -2.36. The SMILES string of the molecule is CC(C)Oc1ccc(C(=O)NC(=S)Nc2ccc(N3CCOCC3)c([N+](=O)[O-])c2)cc1. The fourth-order valence-electron chi connectivity index (χ4n) is 3.11. The van der Waals surface area contributed by atoms with Crippen LogP contribution in [0.25, 0.3) is 0 Å². The van der Waals surface area contributed by atoms with Crippen LogP contribution in [0.5, 0.6) is 5.75 Å². The number of nitrogens with zero attached hydrogens (tertiary/aromatic N) is 2. The summed E-state index contributed by atoms with van der Waals surface area (Å²) < 4.78 is 10.9. The largest absolute Gasteiger partial charge is 0.491 e. The number of nitro benzene ring substituents is 1. The summed E-state index contributed by atoms with van der Waals surface area (Å²) in [5.74, 6) is 0.271. The second-order valence-electron chi connectivity index (χ2n) is 7.16. The van der Waals surface area contributed by atoms with E-state index in [0.29, 0.717) is 49.0 Å². The lowest BCUT2D eigenvalue weighted by atomic mass is 10.2. The highest BCUT2D eigenvalue weighted by molar-refractivity contribution is 7.80. The van der Waals surface area contributed by atoms with Crippen molar-refractivity contribution in [2.45, 2.75) is 20.0 Å². The van der Waals surface area contributed by atoms with Gasteiger partial charge in [0, 0.05) is 30.4 Å². The van der Waals surface area contributed by atoms with Crippen LogP contribution in [0.2, 0.25) is 0 Å². The average molecular weight is 445 g/mol. The van der Waals surface area contributed by atoms with Gasteiger partial charge in [-0.05, 0) is 62.5 Å². The molecule has 31 heavy (non-hydrogen) atoms. The molecule has 3 rings (SSSR count). The maximum atomic E-state index is 12.4. The van der Waals surface area contributed by atoms with Gasteiger partial charge >= 0.3 is 0 Å². The Kier molecular flexibility index (Phi) is 7.37. The smallest absolute Gasteiger partial charge is 0.294 e. The Morgan fingerprint density at radius 2 is 1.87 bits per heavy atom. The van der Waals surface area contributed by atoms with Gasteiger partial charge in [-0.2, -0.15) is 0 Å². The van der Waals surface area contributed by atoms with E-state index in [9.17, 15) is 14.9 Å². The van der Waals surface area contributed by atoms with E-state index in [4.69, 9.17) is 21.7 Å². The number of carbonyl (C=O) groups excluding carboxylic acids is 1. The highest BCUT2D eigenvalue weighted by atomic mass is 32.1. The van der Waals surface area contributed by atoms with Crippen molar-refractivity contribution in [1.29, 1.82) is 0 Å². The first-order chi connectivity index (χ1) is 14.8. The molecule has 9 nitrogen and oxygen atoms in total. The summed E-state index contributed by atoms with van der Waals surface area (Å²) in [4.78, 5) is 25.5. The highest BCUT2D eigenvalue weighted by Crippen LogP contribution is 2.31. The van der Waals surface area contributed by atoms with Gasteiger partial charge in [-0.1, -0.05) is 0 Å². The Bertz CT molecular complexity index is 959. The number of hydrogen-bond acceptors (Lipinski definition) is 7. The fourth-order valence-corrected chi connectivity index (χ4v) is 3.32. The molecular weight excluding hydrogens is 420 g/mol. The number of morpholine rings is 1. The molecule has 164 valence electrons. The van der Waals surface area contributed by atoms with Gasteiger partial charge in [0.05, 0.1) is 24.2 Å². The number of amides is 1. The quantitative estimate of drug-likeness (QED) is 0.397. The van der Waals surface area contributed by atoms with Gasteiger partial charge in [0.25, 0.3) is 11.6 Å². The van der Waals surface area contributed by atoms with Crippen molar-refractivity contribution in [2.75, 3.05) is 36.5 Å². The van der Waals surface area contributed by atoms with Gasteiger partial charge in [0.15, 0.2) is 5.11 Å². The van der Waals surface area contributed by atoms with Crippen molar-refractivity contribution in [2.24, 2.45) is 0 Å². The molecule has 1 fully saturated rings. The Morgan fingerprint density at radius 1 is 1.19 bits per heavy atom. The van der Waals surface area contributed by atoms with E-state index in [0.717, 1.165) is 0 Å². The molecular formula is C21H24N4O5S. The number of hydrogen-bond donors (Lipinski definition) is 2. The summed E-state index contributed by atoms with van der Waals surface area (Å²) in [7, 11) is 0. The molecule has 1 saturated heterocycles. The molecule has 0 unspecified atom stereocenters. The first-order valence-electron chi connectivity index (χ1n) is 9.83. The fraction of sp³-hybridized carbons (Fsp3) is 0.333. The Hall–Kier alpha value is -3.24. The minimum atomic E-state index is -0.432. The minimum absolute atomic E-state index is 0.0372. The van der Waals surface area contributed by atoms with Crippen molar-refractivity contribution < 1.29 is 19.2 Å². The van der Waals surface area contributed by atoms with Gasteiger partial charge in [0.2, 0.25) is 0 Å². The third-order valence-corrected chi connectivity index (χ3v) is 4.70. The molecule has 1 aliphatic rings. The van der Waals surface area contributed by atoms with E-state index in [1.165, 1.54) is 6.07 Å². The normalized spacial score (nSPS) is 13.6. The zero-order valence-corrected chi connectivity index (χ0v) is 18.1. The minimum Gasteiger partial charge on any atom is -0.491 e. The molecule has 0 aliphatic carbocycles. The van der Waals surface area contributed by atoms with Crippen molar-refractivity contribution in [1.82, 2.24) is 5.32 Å². The maximum absolute atomic E-state index is 12.4. The predicted octanol–water partition coefficient (Wildman–Crippen LogP) is 3.35. The third-order valence-electron chi connectivity index (χ3n) is 4.50. The van der Waals surface area contributed by atoms with Gasteiger partial charge < -0.3 is 19.7 Å². The number of ether oxygens (including phenoxy) is 2. The number of rotatable bonds is 6. The summed E-state index contributed by atoms with van der Waals surface area (Å²) in [6.07, 6.45) is 0.0372. The first kappa shape index (κ1) is 22.4. The van der Waals surface area contributed by atoms with Crippen molar-refractivity contribution >= 4 is 40.3 Å². The van der Waals surface area contributed by atoms with Crippen molar-refractivity contribution in [3.05, 3.63) is 58.1 Å². The second-order valence-corrected chi connectivity index (χ2v) is 7.57. The van der Waals surface area contributed by atoms with E-state index < -0.39 is 10.8 Å². The topological polar surface area (TPSA) is 106 Å². The molecule has 1 amide bonds. The molecule has 2 aromatic rings. The van der Waals surface area contributed by atoms with Crippen LogP contribution >= 0.6 is 12.2 Å². The van der Waals surface area contributed by atoms with Gasteiger partial charge in [-0.15, -0.1) is 0 Å². The van der Waals surface area contributed by atoms with Crippen LogP contribution in [-0.2, 0) is 4.74 Å². The summed E-state index contributed by atoms with van der Waals surface area (Å²) in [6, 6.07) is 11.5. The summed E-state index contributed by atoms with van der Waals surface area (Å²) in [5.41, 5.74) is 1.31. The van der Waals surface area contributed by atoms with Gasteiger partial charge in [-0.25, -0.2) is 0 Å². The summed E-state index contributed by atoms with van der Waals surface area (Å²) in [5, 5.41) is 17.0.